The molecule has 2 heterocycles. The standard InChI is InChI=1S/C21H23N3O.C10H11NO/c1-2-4-20-19(3-1)21(23-22-20)10-9-17-5-7-18(8-6-17)11-12-24-13-15-25-16-14-24;12-10(8-6-7-8)11-9-4-2-1-3-5-9/h1-10H,11-16H2,(H,22,23);1-5,8H,6-7H2,(H,11,12)/b10-9+;. The maximum absolute atomic E-state index is 11.3. The molecule has 0 radical (unpaired) electrons. The molecule has 1 saturated carbocycles. The van der Waals surface area contributed by atoms with Crippen LogP contribution in [-0.2, 0) is 16.0 Å². The summed E-state index contributed by atoms with van der Waals surface area (Å²) >= 11 is 0. The molecule has 0 bridgehead atoms. The van der Waals surface area contributed by atoms with Gasteiger partial charge < -0.3 is 10.1 Å². The van der Waals surface area contributed by atoms with Crippen molar-refractivity contribution in [1.82, 2.24) is 15.1 Å². The Hall–Kier alpha value is -3.74. The number of nitrogens with zero attached hydrogens (tertiary/aromatic N) is 2. The van der Waals surface area contributed by atoms with Crippen LogP contribution in [0.15, 0.2) is 78.9 Å². The quantitative estimate of drug-likeness (QED) is 0.349. The van der Waals surface area contributed by atoms with Gasteiger partial charge in [-0.1, -0.05) is 66.7 Å². The van der Waals surface area contributed by atoms with Crippen molar-refractivity contribution in [3.8, 4) is 0 Å². The molecule has 6 rings (SSSR count). The van der Waals surface area contributed by atoms with Gasteiger partial charge in [0, 0.05) is 36.6 Å². The van der Waals surface area contributed by atoms with Gasteiger partial charge in [0.2, 0.25) is 5.91 Å². The third-order valence-corrected chi connectivity index (χ3v) is 6.72. The fourth-order valence-electron chi connectivity index (χ4n) is 4.31. The molecule has 1 aliphatic heterocycles. The second-order valence-corrected chi connectivity index (χ2v) is 9.56. The number of carbonyl (C=O) groups excluding carboxylic acids is 1. The number of rotatable bonds is 7. The summed E-state index contributed by atoms with van der Waals surface area (Å²) < 4.78 is 5.40. The van der Waals surface area contributed by atoms with Crippen molar-refractivity contribution in [2.45, 2.75) is 19.3 Å². The molecule has 2 N–H and O–H groups in total. The van der Waals surface area contributed by atoms with Crippen LogP contribution in [0.25, 0.3) is 23.1 Å². The van der Waals surface area contributed by atoms with Crippen LogP contribution < -0.4 is 5.32 Å². The summed E-state index contributed by atoms with van der Waals surface area (Å²) in [6.45, 7) is 4.95. The molecule has 1 amide bonds. The highest BCUT2D eigenvalue weighted by Crippen LogP contribution is 2.30. The summed E-state index contributed by atoms with van der Waals surface area (Å²) in [7, 11) is 0. The first kappa shape index (κ1) is 24.9. The predicted octanol–water partition coefficient (Wildman–Crippen LogP) is 5.64. The van der Waals surface area contributed by atoms with E-state index in [2.05, 4.69) is 62.9 Å². The molecule has 3 aromatic carbocycles. The summed E-state index contributed by atoms with van der Waals surface area (Å²) in [4.78, 5) is 13.7. The number of para-hydroxylation sites is 2. The number of fused-ring (bicyclic) bond motifs is 1. The van der Waals surface area contributed by atoms with Crippen molar-refractivity contribution in [3.63, 3.8) is 0 Å². The van der Waals surface area contributed by atoms with Gasteiger partial charge in [0.1, 0.15) is 0 Å². The van der Waals surface area contributed by atoms with Crippen LogP contribution in [0.2, 0.25) is 0 Å². The Labute approximate surface area is 218 Å². The molecule has 6 nitrogen and oxygen atoms in total. The van der Waals surface area contributed by atoms with Gasteiger partial charge in [-0.05, 0) is 54.7 Å². The van der Waals surface area contributed by atoms with E-state index in [0.29, 0.717) is 0 Å². The molecule has 0 unspecified atom stereocenters. The van der Waals surface area contributed by atoms with Gasteiger partial charge in [0.15, 0.2) is 0 Å². The number of hydrogen-bond donors (Lipinski definition) is 2. The van der Waals surface area contributed by atoms with E-state index in [1.807, 2.05) is 48.5 Å². The molecule has 37 heavy (non-hydrogen) atoms. The van der Waals surface area contributed by atoms with E-state index in [1.54, 1.807) is 0 Å². The lowest BCUT2D eigenvalue weighted by atomic mass is 10.1. The zero-order valence-corrected chi connectivity index (χ0v) is 21.1. The summed E-state index contributed by atoms with van der Waals surface area (Å²) in [5, 5.41) is 11.5. The number of hydrogen-bond acceptors (Lipinski definition) is 4. The van der Waals surface area contributed by atoms with Gasteiger partial charge in [-0.3, -0.25) is 14.8 Å². The summed E-state index contributed by atoms with van der Waals surface area (Å²) in [6.07, 6.45) is 7.39. The topological polar surface area (TPSA) is 70.2 Å². The average Bonchev–Trinajstić information content (AvgIpc) is 3.73. The predicted molar refractivity (Wildman–Crippen MR) is 150 cm³/mol. The van der Waals surface area contributed by atoms with E-state index in [-0.39, 0.29) is 11.8 Å². The van der Waals surface area contributed by atoms with Crippen molar-refractivity contribution < 1.29 is 9.53 Å². The number of carbonyl (C=O) groups is 1. The van der Waals surface area contributed by atoms with E-state index in [1.165, 1.54) is 11.1 Å². The number of benzene rings is 3. The van der Waals surface area contributed by atoms with Gasteiger partial charge >= 0.3 is 0 Å². The van der Waals surface area contributed by atoms with Gasteiger partial charge in [-0.2, -0.15) is 5.10 Å². The van der Waals surface area contributed by atoms with E-state index < -0.39 is 0 Å². The minimum absolute atomic E-state index is 0.168. The molecule has 1 aromatic heterocycles. The first-order valence-corrected chi connectivity index (χ1v) is 13.1. The largest absolute Gasteiger partial charge is 0.379 e. The Kier molecular flexibility index (Phi) is 8.41. The average molecular weight is 495 g/mol. The first-order valence-electron chi connectivity index (χ1n) is 13.1. The highest BCUT2D eigenvalue weighted by Gasteiger charge is 2.29. The Morgan fingerprint density at radius 3 is 2.43 bits per heavy atom. The van der Waals surface area contributed by atoms with Crippen LogP contribution in [0.5, 0.6) is 0 Å². The maximum Gasteiger partial charge on any atom is 0.227 e. The van der Waals surface area contributed by atoms with Crippen molar-refractivity contribution in [2.75, 3.05) is 38.2 Å². The number of H-pyrrole nitrogens is 1. The van der Waals surface area contributed by atoms with Crippen LogP contribution in [0.3, 0.4) is 0 Å². The van der Waals surface area contributed by atoms with Gasteiger partial charge in [0.05, 0.1) is 24.4 Å². The second-order valence-electron chi connectivity index (χ2n) is 9.56. The molecule has 4 aromatic rings. The Morgan fingerprint density at radius 2 is 1.68 bits per heavy atom. The smallest absolute Gasteiger partial charge is 0.227 e. The molecule has 2 fully saturated rings. The number of ether oxygens (including phenoxy) is 1. The minimum atomic E-state index is 0.168. The number of nitrogens with one attached hydrogen (secondary N) is 2. The molecule has 0 atom stereocenters. The van der Waals surface area contributed by atoms with E-state index in [0.717, 1.165) is 74.4 Å². The highest BCUT2D eigenvalue weighted by atomic mass is 16.5. The lowest BCUT2D eigenvalue weighted by Crippen LogP contribution is -2.37. The molecular weight excluding hydrogens is 460 g/mol. The van der Waals surface area contributed by atoms with E-state index in [4.69, 9.17) is 4.74 Å². The second kappa shape index (κ2) is 12.5. The fourth-order valence-corrected chi connectivity index (χ4v) is 4.31. The Balaban J connectivity index is 0.000000195. The van der Waals surface area contributed by atoms with Crippen LogP contribution in [0, 0.1) is 5.92 Å². The number of amides is 1. The number of aromatic amines is 1. The van der Waals surface area contributed by atoms with Crippen LogP contribution in [0.1, 0.15) is 29.7 Å². The normalized spacial score (nSPS) is 15.9. The summed E-state index contributed by atoms with van der Waals surface area (Å²) in [5.74, 6) is 0.450. The van der Waals surface area contributed by atoms with Crippen LogP contribution in [0.4, 0.5) is 5.69 Å². The molecular formula is C31H34N4O2. The minimum Gasteiger partial charge on any atom is -0.379 e. The number of anilines is 1. The van der Waals surface area contributed by atoms with E-state index in [9.17, 15) is 4.79 Å². The SMILES string of the molecule is C(=C\c1n[nH]c2ccccc12)/c1ccc(CCN2CCOCC2)cc1.O=C(Nc1ccccc1)C1CC1. The monoisotopic (exact) mass is 494 g/mol. The molecule has 2 aliphatic rings. The van der Waals surface area contributed by atoms with E-state index >= 15 is 0 Å². The third kappa shape index (κ3) is 7.38. The molecule has 6 heteroatoms. The van der Waals surface area contributed by atoms with Gasteiger partial charge in [-0.25, -0.2) is 0 Å². The molecule has 1 aliphatic carbocycles. The Morgan fingerprint density at radius 1 is 0.946 bits per heavy atom. The molecule has 0 spiro atoms. The van der Waals surface area contributed by atoms with Crippen LogP contribution >= 0.6 is 0 Å². The fraction of sp³-hybridized carbons (Fsp3) is 0.290. The van der Waals surface area contributed by atoms with Crippen molar-refractivity contribution in [1.29, 1.82) is 0 Å². The van der Waals surface area contributed by atoms with Crippen LogP contribution in [-0.4, -0.2) is 53.9 Å². The molecule has 1 saturated heterocycles. The lowest BCUT2D eigenvalue weighted by molar-refractivity contribution is -0.117. The lowest BCUT2D eigenvalue weighted by Gasteiger charge is -2.26. The zero-order valence-electron chi connectivity index (χ0n) is 21.1. The third-order valence-electron chi connectivity index (χ3n) is 6.72. The van der Waals surface area contributed by atoms with Gasteiger partial charge in [-0.15, -0.1) is 0 Å². The summed E-state index contributed by atoms with van der Waals surface area (Å²) in [5.41, 5.74) is 5.53. The first-order chi connectivity index (χ1) is 18.2. The Bertz CT molecular complexity index is 1300. The zero-order chi connectivity index (χ0) is 25.3. The van der Waals surface area contributed by atoms with Gasteiger partial charge in [0.25, 0.3) is 0 Å². The van der Waals surface area contributed by atoms with Crippen molar-refractivity contribution in [3.05, 3.63) is 95.7 Å². The summed E-state index contributed by atoms with van der Waals surface area (Å²) in [6, 6.07) is 26.6. The van der Waals surface area contributed by atoms with Crippen molar-refractivity contribution >= 4 is 34.6 Å². The van der Waals surface area contributed by atoms with Crippen molar-refractivity contribution in [2.24, 2.45) is 5.92 Å². The maximum atomic E-state index is 11.3. The highest BCUT2D eigenvalue weighted by molar-refractivity contribution is 5.94. The number of morpholine rings is 1. The number of aromatic nitrogens is 2. The molecule has 190 valence electrons.